The van der Waals surface area contributed by atoms with Crippen LogP contribution < -0.4 is 15.4 Å². The summed E-state index contributed by atoms with van der Waals surface area (Å²) in [7, 11) is 0. The smallest absolute Gasteiger partial charge is 0.408 e. The van der Waals surface area contributed by atoms with E-state index in [1.165, 1.54) is 0 Å². The second kappa shape index (κ2) is 11.8. The Bertz CT molecular complexity index is 1070. The maximum absolute atomic E-state index is 13.0. The first-order chi connectivity index (χ1) is 16.3. The predicted molar refractivity (Wildman–Crippen MR) is 130 cm³/mol. The summed E-state index contributed by atoms with van der Waals surface area (Å²) in [5.74, 6) is 0.389. The van der Waals surface area contributed by atoms with E-state index in [0.29, 0.717) is 25.3 Å². The Morgan fingerprint density at radius 2 is 1.68 bits per heavy atom. The third-order valence-electron chi connectivity index (χ3n) is 4.77. The molecule has 178 valence electrons. The molecule has 3 rings (SSSR count). The number of hydrogen-bond acceptors (Lipinski definition) is 5. The molecule has 2 N–H and O–H groups in total. The van der Waals surface area contributed by atoms with Crippen LogP contribution in [0.4, 0.5) is 4.79 Å². The van der Waals surface area contributed by atoms with Crippen LogP contribution in [0.3, 0.4) is 0 Å². The van der Waals surface area contributed by atoms with Gasteiger partial charge in [0, 0.05) is 19.2 Å². The lowest BCUT2D eigenvalue weighted by atomic mass is 10.1. The highest BCUT2D eigenvalue weighted by atomic mass is 16.6. The minimum atomic E-state index is -0.777. The predicted octanol–water partition coefficient (Wildman–Crippen LogP) is 4.41. The Morgan fingerprint density at radius 3 is 2.38 bits per heavy atom. The summed E-state index contributed by atoms with van der Waals surface area (Å²) in [5, 5.41) is 5.61. The molecule has 1 unspecified atom stereocenters. The fourth-order valence-corrected chi connectivity index (χ4v) is 3.21. The number of nitrogens with zero attached hydrogens (tertiary/aromatic N) is 1. The molecular weight excluding hydrogens is 430 g/mol. The van der Waals surface area contributed by atoms with Crippen LogP contribution in [0.5, 0.6) is 5.75 Å². The maximum Gasteiger partial charge on any atom is 0.408 e. The molecule has 0 aliphatic heterocycles. The Balaban J connectivity index is 1.61. The summed E-state index contributed by atoms with van der Waals surface area (Å²) in [4.78, 5) is 29.6. The van der Waals surface area contributed by atoms with Crippen molar-refractivity contribution in [2.45, 2.75) is 52.0 Å². The second-order valence-corrected chi connectivity index (χ2v) is 8.86. The van der Waals surface area contributed by atoms with Gasteiger partial charge in [-0.05, 0) is 56.2 Å². The first-order valence-electron chi connectivity index (χ1n) is 11.2. The number of amides is 2. The number of pyridine rings is 1. The monoisotopic (exact) mass is 461 g/mol. The summed E-state index contributed by atoms with van der Waals surface area (Å²) in [6, 6.07) is 21.9. The zero-order valence-corrected chi connectivity index (χ0v) is 19.8. The highest BCUT2D eigenvalue weighted by molar-refractivity contribution is 5.86. The van der Waals surface area contributed by atoms with Gasteiger partial charge in [0.25, 0.3) is 0 Å². The molecule has 1 atom stereocenters. The number of hydrogen-bond donors (Lipinski definition) is 2. The zero-order chi connectivity index (χ0) is 24.4. The quantitative estimate of drug-likeness (QED) is 0.493. The van der Waals surface area contributed by atoms with Crippen molar-refractivity contribution in [2.75, 3.05) is 0 Å². The molecule has 0 aliphatic carbocycles. The van der Waals surface area contributed by atoms with E-state index in [9.17, 15) is 9.59 Å². The maximum atomic E-state index is 13.0. The zero-order valence-electron chi connectivity index (χ0n) is 19.8. The van der Waals surface area contributed by atoms with Gasteiger partial charge in [0.05, 0.1) is 5.69 Å². The van der Waals surface area contributed by atoms with Crippen molar-refractivity contribution < 1.29 is 19.1 Å². The van der Waals surface area contributed by atoms with Gasteiger partial charge < -0.3 is 20.1 Å². The van der Waals surface area contributed by atoms with E-state index in [0.717, 1.165) is 16.8 Å². The van der Waals surface area contributed by atoms with Crippen LogP contribution in [-0.4, -0.2) is 28.6 Å². The van der Waals surface area contributed by atoms with Crippen molar-refractivity contribution in [3.05, 3.63) is 95.8 Å². The van der Waals surface area contributed by atoms with E-state index in [-0.39, 0.29) is 5.91 Å². The van der Waals surface area contributed by atoms with Crippen LogP contribution in [0, 0.1) is 0 Å². The lowest BCUT2D eigenvalue weighted by Crippen LogP contribution is -2.49. The molecule has 1 heterocycles. The number of carbonyl (C=O) groups is 2. The average molecular weight is 462 g/mol. The molecule has 0 saturated carbocycles. The Labute approximate surface area is 200 Å². The molecule has 1 aromatic heterocycles. The third kappa shape index (κ3) is 8.58. The second-order valence-electron chi connectivity index (χ2n) is 8.86. The molecule has 2 amide bonds. The molecule has 0 fully saturated rings. The van der Waals surface area contributed by atoms with Crippen LogP contribution in [0.25, 0.3) is 0 Å². The Kier molecular flexibility index (Phi) is 8.62. The van der Waals surface area contributed by atoms with Crippen LogP contribution >= 0.6 is 0 Å². The molecule has 0 bridgehead atoms. The first kappa shape index (κ1) is 24.8. The molecule has 2 aromatic carbocycles. The molecule has 7 heteroatoms. The van der Waals surface area contributed by atoms with Crippen LogP contribution in [0.15, 0.2) is 79.0 Å². The molecule has 0 spiro atoms. The van der Waals surface area contributed by atoms with Gasteiger partial charge in [0.2, 0.25) is 5.91 Å². The van der Waals surface area contributed by atoms with E-state index in [4.69, 9.17) is 9.47 Å². The van der Waals surface area contributed by atoms with E-state index < -0.39 is 17.7 Å². The summed E-state index contributed by atoms with van der Waals surface area (Å²) >= 11 is 0. The lowest BCUT2D eigenvalue weighted by Gasteiger charge is -2.23. The Morgan fingerprint density at radius 1 is 0.941 bits per heavy atom. The Hall–Kier alpha value is -3.87. The molecule has 0 radical (unpaired) electrons. The molecule has 7 nitrogen and oxygen atoms in total. The lowest BCUT2D eigenvalue weighted by molar-refractivity contribution is -0.123. The normalized spacial score (nSPS) is 11.9. The van der Waals surface area contributed by atoms with Crippen LogP contribution in [0.2, 0.25) is 0 Å². The van der Waals surface area contributed by atoms with Gasteiger partial charge in [-0.25, -0.2) is 4.79 Å². The molecular formula is C27H31N3O4. The fourth-order valence-electron chi connectivity index (χ4n) is 3.21. The average Bonchev–Trinajstić information content (AvgIpc) is 2.81. The number of aromatic nitrogens is 1. The van der Waals surface area contributed by atoms with Gasteiger partial charge in [0.15, 0.2) is 0 Å². The van der Waals surface area contributed by atoms with E-state index in [2.05, 4.69) is 15.6 Å². The number of benzene rings is 2. The van der Waals surface area contributed by atoms with Gasteiger partial charge in [-0.15, -0.1) is 0 Å². The highest BCUT2D eigenvalue weighted by Gasteiger charge is 2.24. The third-order valence-corrected chi connectivity index (χ3v) is 4.77. The van der Waals surface area contributed by atoms with Crippen molar-refractivity contribution >= 4 is 12.0 Å². The van der Waals surface area contributed by atoms with Gasteiger partial charge in [-0.2, -0.15) is 0 Å². The van der Waals surface area contributed by atoms with Crippen molar-refractivity contribution in [1.29, 1.82) is 0 Å². The summed E-state index contributed by atoms with van der Waals surface area (Å²) in [6.07, 6.45) is 1.44. The first-order valence-corrected chi connectivity index (χ1v) is 11.2. The van der Waals surface area contributed by atoms with Gasteiger partial charge in [-0.1, -0.05) is 48.5 Å². The summed E-state index contributed by atoms with van der Waals surface area (Å²) in [6.45, 7) is 5.99. The minimum absolute atomic E-state index is 0.293. The fraction of sp³-hybridized carbons (Fsp3) is 0.296. The number of rotatable bonds is 9. The summed E-state index contributed by atoms with van der Waals surface area (Å²) in [5.41, 5.74) is 1.98. The standard InChI is InChI=1S/C27H31N3O4/c1-27(2,3)34-26(32)30-24(17-20-10-5-4-6-11-20)25(31)29-18-21-12-9-14-23(16-21)33-19-22-13-7-8-15-28-22/h4-16,24H,17-19H2,1-3H3,(H,29,31)(H,30,32). The van der Waals surface area contributed by atoms with Crippen molar-refractivity contribution in [3.8, 4) is 5.75 Å². The van der Waals surface area contributed by atoms with Crippen molar-refractivity contribution in [2.24, 2.45) is 0 Å². The summed E-state index contributed by atoms with van der Waals surface area (Å²) < 4.78 is 11.2. The molecule has 0 saturated heterocycles. The number of ether oxygens (including phenoxy) is 2. The van der Waals surface area contributed by atoms with Crippen molar-refractivity contribution in [3.63, 3.8) is 0 Å². The molecule has 34 heavy (non-hydrogen) atoms. The molecule has 3 aromatic rings. The topological polar surface area (TPSA) is 89.5 Å². The van der Waals surface area contributed by atoms with Gasteiger partial charge in [-0.3, -0.25) is 9.78 Å². The largest absolute Gasteiger partial charge is 0.487 e. The highest BCUT2D eigenvalue weighted by Crippen LogP contribution is 2.15. The number of nitrogens with one attached hydrogen (secondary N) is 2. The van der Waals surface area contributed by atoms with Gasteiger partial charge in [0.1, 0.15) is 24.0 Å². The van der Waals surface area contributed by atoms with E-state index in [1.807, 2.05) is 72.8 Å². The van der Waals surface area contributed by atoms with E-state index >= 15 is 0 Å². The number of alkyl carbamates (subject to hydrolysis) is 1. The van der Waals surface area contributed by atoms with Crippen LogP contribution in [0.1, 0.15) is 37.6 Å². The van der Waals surface area contributed by atoms with Crippen LogP contribution in [-0.2, 0) is 29.1 Å². The van der Waals surface area contributed by atoms with E-state index in [1.54, 1.807) is 27.0 Å². The minimum Gasteiger partial charge on any atom is -0.487 e. The van der Waals surface area contributed by atoms with Crippen molar-refractivity contribution in [1.82, 2.24) is 15.6 Å². The SMILES string of the molecule is CC(C)(C)OC(=O)NC(Cc1ccccc1)C(=O)NCc1cccc(OCc2ccccn2)c1. The van der Waals surface area contributed by atoms with Gasteiger partial charge >= 0.3 is 6.09 Å². The molecule has 0 aliphatic rings. The number of carbonyl (C=O) groups excluding carboxylic acids is 2.